The third-order valence-corrected chi connectivity index (χ3v) is 4.97. The molecule has 26 heavy (non-hydrogen) atoms. The number of aromatic nitrogens is 6. The highest BCUT2D eigenvalue weighted by molar-refractivity contribution is 5.83. The normalized spacial score (nSPS) is 17.7. The van der Waals surface area contributed by atoms with Crippen molar-refractivity contribution in [3.05, 3.63) is 24.9 Å². The molecule has 1 aliphatic heterocycles. The van der Waals surface area contributed by atoms with E-state index in [2.05, 4.69) is 39.3 Å². The number of fused-ring (bicyclic) bond motifs is 1. The minimum absolute atomic E-state index is 0.560. The van der Waals surface area contributed by atoms with E-state index in [9.17, 15) is 0 Å². The molecule has 2 fully saturated rings. The van der Waals surface area contributed by atoms with Gasteiger partial charge in [0.05, 0.1) is 13.4 Å². The van der Waals surface area contributed by atoms with Crippen molar-refractivity contribution in [1.29, 1.82) is 0 Å². The Morgan fingerprint density at radius 1 is 1.00 bits per heavy atom. The van der Waals surface area contributed by atoms with Gasteiger partial charge >= 0.3 is 0 Å². The molecule has 0 radical (unpaired) electrons. The Balaban J connectivity index is 1.36. The Morgan fingerprint density at radius 3 is 2.58 bits per heavy atom. The van der Waals surface area contributed by atoms with Crippen molar-refractivity contribution >= 4 is 22.9 Å². The predicted octanol–water partition coefficient (Wildman–Crippen LogP) is 1.29. The van der Waals surface area contributed by atoms with Crippen molar-refractivity contribution < 1.29 is 4.74 Å². The van der Waals surface area contributed by atoms with Crippen LogP contribution in [0.15, 0.2) is 24.9 Å². The van der Waals surface area contributed by atoms with Gasteiger partial charge < -0.3 is 19.1 Å². The summed E-state index contributed by atoms with van der Waals surface area (Å²) in [6, 6.07) is 2.32. The lowest BCUT2D eigenvalue weighted by atomic mass is 10.3. The second-order valence-corrected chi connectivity index (χ2v) is 6.63. The van der Waals surface area contributed by atoms with Crippen molar-refractivity contribution in [1.82, 2.24) is 29.5 Å². The van der Waals surface area contributed by atoms with Crippen molar-refractivity contribution in [3.8, 4) is 5.88 Å². The monoisotopic (exact) mass is 352 g/mol. The van der Waals surface area contributed by atoms with Crippen molar-refractivity contribution in [2.24, 2.45) is 0 Å². The van der Waals surface area contributed by atoms with Gasteiger partial charge in [-0.3, -0.25) is 0 Å². The number of piperazine rings is 1. The van der Waals surface area contributed by atoms with Gasteiger partial charge in [-0.1, -0.05) is 0 Å². The summed E-state index contributed by atoms with van der Waals surface area (Å²) in [6.45, 7) is 3.32. The number of hydrogen-bond acceptors (Lipinski definition) is 8. The van der Waals surface area contributed by atoms with E-state index in [0.29, 0.717) is 17.9 Å². The summed E-state index contributed by atoms with van der Waals surface area (Å²) in [4.78, 5) is 26.8. The summed E-state index contributed by atoms with van der Waals surface area (Å²) in [6.07, 6.45) is 7.71. The molecule has 1 saturated carbocycles. The lowest BCUT2D eigenvalue weighted by Gasteiger charge is -2.35. The molecule has 0 unspecified atom stereocenters. The van der Waals surface area contributed by atoms with Gasteiger partial charge in [-0.25, -0.2) is 19.9 Å². The Hall–Kier alpha value is -2.97. The molecule has 134 valence electrons. The van der Waals surface area contributed by atoms with Gasteiger partial charge in [-0.2, -0.15) is 4.98 Å². The third-order valence-electron chi connectivity index (χ3n) is 4.97. The second-order valence-electron chi connectivity index (χ2n) is 6.63. The van der Waals surface area contributed by atoms with Gasteiger partial charge in [0.15, 0.2) is 17.0 Å². The molecular weight excluding hydrogens is 332 g/mol. The molecule has 2 aliphatic rings. The van der Waals surface area contributed by atoms with Crippen LogP contribution in [0.25, 0.3) is 11.2 Å². The fourth-order valence-corrected chi connectivity index (χ4v) is 3.41. The zero-order valence-electron chi connectivity index (χ0n) is 14.6. The van der Waals surface area contributed by atoms with E-state index in [1.807, 2.05) is 6.33 Å². The van der Waals surface area contributed by atoms with Crippen LogP contribution in [0.2, 0.25) is 0 Å². The van der Waals surface area contributed by atoms with Gasteiger partial charge in [0.25, 0.3) is 0 Å². The topological polar surface area (TPSA) is 85.1 Å². The molecule has 0 amide bonds. The lowest BCUT2D eigenvalue weighted by Crippen LogP contribution is -2.47. The summed E-state index contributed by atoms with van der Waals surface area (Å²) in [5, 5.41) is 0. The summed E-state index contributed by atoms with van der Waals surface area (Å²) < 4.78 is 7.38. The van der Waals surface area contributed by atoms with Crippen LogP contribution in [0.1, 0.15) is 18.9 Å². The Morgan fingerprint density at radius 2 is 1.81 bits per heavy atom. The van der Waals surface area contributed by atoms with Gasteiger partial charge in [0, 0.05) is 44.5 Å². The third kappa shape index (κ3) is 2.59. The van der Waals surface area contributed by atoms with Gasteiger partial charge in [-0.05, 0) is 12.8 Å². The van der Waals surface area contributed by atoms with Crippen LogP contribution in [0.3, 0.4) is 0 Å². The van der Waals surface area contributed by atoms with Crippen molar-refractivity contribution in [3.63, 3.8) is 0 Å². The van der Waals surface area contributed by atoms with Crippen molar-refractivity contribution in [2.45, 2.75) is 18.9 Å². The highest BCUT2D eigenvalue weighted by Gasteiger charge is 2.28. The highest BCUT2D eigenvalue weighted by Crippen LogP contribution is 2.37. The molecule has 0 N–H and O–H groups in total. The molecule has 0 bridgehead atoms. The first-order chi connectivity index (χ1) is 12.8. The van der Waals surface area contributed by atoms with Crippen LogP contribution < -0.4 is 14.5 Å². The number of rotatable bonds is 4. The molecule has 0 atom stereocenters. The minimum atomic E-state index is 0.560. The average molecular weight is 352 g/mol. The van der Waals surface area contributed by atoms with Gasteiger partial charge in [-0.15, -0.1) is 0 Å². The lowest BCUT2D eigenvalue weighted by molar-refractivity contribution is 0.396. The Kier molecular flexibility index (Phi) is 3.58. The maximum Gasteiger partial charge on any atom is 0.228 e. The SMILES string of the molecule is COc1ccnc(N2CCN(c3ncnc4c3ncn4C3CC3)CC2)n1. The first-order valence-corrected chi connectivity index (χ1v) is 8.88. The van der Waals surface area contributed by atoms with E-state index in [-0.39, 0.29) is 0 Å². The number of ether oxygens (including phenoxy) is 1. The number of imidazole rings is 1. The summed E-state index contributed by atoms with van der Waals surface area (Å²) in [7, 11) is 1.62. The second kappa shape index (κ2) is 6.08. The highest BCUT2D eigenvalue weighted by atomic mass is 16.5. The molecule has 9 nitrogen and oxygen atoms in total. The van der Waals surface area contributed by atoms with Crippen molar-refractivity contribution in [2.75, 3.05) is 43.1 Å². The summed E-state index contributed by atoms with van der Waals surface area (Å²) in [5.74, 6) is 2.20. The van der Waals surface area contributed by atoms with Gasteiger partial charge in [0.1, 0.15) is 6.33 Å². The molecular formula is C17H20N8O. The number of anilines is 2. The number of nitrogens with zero attached hydrogens (tertiary/aromatic N) is 8. The molecule has 9 heteroatoms. The molecule has 5 rings (SSSR count). The maximum atomic E-state index is 5.20. The standard InChI is InChI=1S/C17H20N8O/c1-26-13-4-5-18-17(22-13)24-8-6-23(7-9-24)15-14-16(20-10-19-15)25(11-21-14)12-2-3-12/h4-5,10-12H,2-3,6-9H2,1H3. The van der Waals surface area contributed by atoms with E-state index in [0.717, 1.165) is 43.2 Å². The molecule has 0 spiro atoms. The van der Waals surface area contributed by atoms with E-state index < -0.39 is 0 Å². The Bertz CT molecular complexity index is 929. The molecule has 1 saturated heterocycles. The van der Waals surface area contributed by atoms with E-state index >= 15 is 0 Å². The van der Waals surface area contributed by atoms with Crippen LogP contribution >= 0.6 is 0 Å². The molecule has 3 aromatic heterocycles. The first-order valence-electron chi connectivity index (χ1n) is 8.88. The predicted molar refractivity (Wildman–Crippen MR) is 96.6 cm³/mol. The molecule has 3 aromatic rings. The summed E-state index contributed by atoms with van der Waals surface area (Å²) >= 11 is 0. The maximum absolute atomic E-state index is 5.20. The van der Waals surface area contributed by atoms with Crippen LogP contribution in [0, 0.1) is 0 Å². The summed E-state index contributed by atoms with van der Waals surface area (Å²) in [5.41, 5.74) is 1.83. The molecule has 1 aliphatic carbocycles. The van der Waals surface area contributed by atoms with Crippen LogP contribution in [0.4, 0.5) is 11.8 Å². The Labute approximate surface area is 150 Å². The van der Waals surface area contributed by atoms with E-state index in [4.69, 9.17) is 4.74 Å². The largest absolute Gasteiger partial charge is 0.481 e. The smallest absolute Gasteiger partial charge is 0.228 e. The van der Waals surface area contributed by atoms with Gasteiger partial charge in [0.2, 0.25) is 11.8 Å². The zero-order valence-corrected chi connectivity index (χ0v) is 14.6. The first kappa shape index (κ1) is 15.3. The number of hydrogen-bond donors (Lipinski definition) is 0. The fourth-order valence-electron chi connectivity index (χ4n) is 3.41. The van der Waals surface area contributed by atoms with E-state index in [1.165, 1.54) is 12.8 Å². The average Bonchev–Trinajstić information content (AvgIpc) is 3.46. The molecule has 0 aromatic carbocycles. The molecule has 4 heterocycles. The number of methoxy groups -OCH3 is 1. The fraction of sp³-hybridized carbons (Fsp3) is 0.471. The minimum Gasteiger partial charge on any atom is -0.481 e. The van der Waals surface area contributed by atoms with Crippen LogP contribution in [0.5, 0.6) is 5.88 Å². The zero-order chi connectivity index (χ0) is 17.5. The van der Waals surface area contributed by atoms with E-state index in [1.54, 1.807) is 25.7 Å². The quantitative estimate of drug-likeness (QED) is 0.694. The van der Waals surface area contributed by atoms with Crippen LogP contribution in [-0.4, -0.2) is 62.8 Å². The van der Waals surface area contributed by atoms with Crippen LogP contribution in [-0.2, 0) is 0 Å².